The second-order valence-corrected chi connectivity index (χ2v) is 5.87. The highest BCUT2D eigenvalue weighted by Gasteiger charge is 2.04. The Balaban J connectivity index is 0.00000172. The van der Waals surface area contributed by atoms with Crippen molar-refractivity contribution in [2.75, 3.05) is 0 Å². The Morgan fingerprint density at radius 1 is 1.15 bits per heavy atom. The topological polar surface area (TPSA) is 9.23 Å². The van der Waals surface area contributed by atoms with Crippen LogP contribution in [0.25, 0.3) is 0 Å². The van der Waals surface area contributed by atoms with Gasteiger partial charge in [-0.05, 0) is 41.9 Å². The summed E-state index contributed by atoms with van der Waals surface area (Å²) in [6, 6.07) is 7.12. The van der Waals surface area contributed by atoms with E-state index in [9.17, 15) is 4.53 Å². The Kier molecular flexibility index (Phi) is 10.0. The first kappa shape index (κ1) is 18.9. The Morgan fingerprint density at radius 2 is 1.70 bits per heavy atom. The lowest BCUT2D eigenvalue weighted by Gasteiger charge is -2.09. The minimum absolute atomic E-state index is 0.253. The standard InChI is InChI=1S/C15H20FOP.C2H6/c1-5-13(11(2)3)10-18-12(4)14-6-8-15(17-16)9-7-14;1-2/h5-12H,1-4H3;1-2H3/b13-5+;. The zero-order valence-corrected chi connectivity index (χ0v) is 14.2. The van der Waals surface area contributed by atoms with Crippen molar-refractivity contribution in [3.05, 3.63) is 41.5 Å². The minimum atomic E-state index is 0.253. The SMILES string of the molecule is C/C=C(\C=PC(C)c1ccc(OF)cc1)C(C)C.CC. The number of halogens is 1. The Hall–Kier alpha value is -1.14. The van der Waals surface area contributed by atoms with E-state index in [2.05, 4.69) is 44.5 Å². The van der Waals surface area contributed by atoms with Crippen LogP contribution in [0.15, 0.2) is 35.9 Å². The first-order chi connectivity index (χ1) is 9.58. The summed E-state index contributed by atoms with van der Waals surface area (Å²) in [6.45, 7) is 12.6. The van der Waals surface area contributed by atoms with Gasteiger partial charge in [-0.25, -0.2) is 0 Å². The smallest absolute Gasteiger partial charge is 0.171 e. The molecule has 0 saturated heterocycles. The predicted molar refractivity (Wildman–Crippen MR) is 89.5 cm³/mol. The summed E-state index contributed by atoms with van der Waals surface area (Å²) in [7, 11) is 1.25. The van der Waals surface area contributed by atoms with E-state index in [1.54, 1.807) is 12.1 Å². The van der Waals surface area contributed by atoms with Gasteiger partial charge in [-0.15, -0.1) is 0 Å². The molecule has 1 atom stereocenters. The van der Waals surface area contributed by atoms with Gasteiger partial charge in [-0.3, -0.25) is 4.94 Å². The average molecular weight is 296 g/mol. The molecular weight excluding hydrogens is 270 g/mol. The van der Waals surface area contributed by atoms with Crippen molar-refractivity contribution >= 4 is 14.0 Å². The van der Waals surface area contributed by atoms with Gasteiger partial charge in [0, 0.05) is 10.2 Å². The maximum atomic E-state index is 11.9. The van der Waals surface area contributed by atoms with Gasteiger partial charge in [-0.1, -0.05) is 61.0 Å². The lowest BCUT2D eigenvalue weighted by Crippen LogP contribution is -1.94. The minimum Gasteiger partial charge on any atom is -0.294 e. The van der Waals surface area contributed by atoms with Gasteiger partial charge >= 0.3 is 0 Å². The van der Waals surface area contributed by atoms with Gasteiger partial charge in [-0.2, -0.15) is 0 Å². The van der Waals surface area contributed by atoms with Crippen LogP contribution in [0.4, 0.5) is 4.53 Å². The maximum absolute atomic E-state index is 11.9. The fourth-order valence-corrected chi connectivity index (χ4v) is 2.83. The second kappa shape index (κ2) is 10.6. The highest BCUT2D eigenvalue weighted by molar-refractivity contribution is 7.39. The molecule has 0 spiro atoms. The second-order valence-electron chi connectivity index (χ2n) is 4.54. The summed E-state index contributed by atoms with van der Waals surface area (Å²) in [5, 5.41) is 0. The molecule has 1 unspecified atom stereocenters. The molecule has 0 bridgehead atoms. The van der Waals surface area contributed by atoms with E-state index in [1.165, 1.54) is 19.3 Å². The van der Waals surface area contributed by atoms with Crippen LogP contribution in [-0.4, -0.2) is 5.80 Å². The van der Waals surface area contributed by atoms with Crippen LogP contribution in [0.5, 0.6) is 5.75 Å². The highest BCUT2D eigenvalue weighted by Crippen LogP contribution is 2.29. The molecule has 0 radical (unpaired) electrons. The third-order valence-corrected chi connectivity index (χ3v) is 4.09. The molecule has 0 fully saturated rings. The Morgan fingerprint density at radius 3 is 2.10 bits per heavy atom. The molecule has 0 N–H and O–H groups in total. The first-order valence-electron chi connectivity index (χ1n) is 7.16. The van der Waals surface area contributed by atoms with Crippen molar-refractivity contribution in [1.29, 1.82) is 0 Å². The highest BCUT2D eigenvalue weighted by atomic mass is 31.1. The molecule has 0 amide bonds. The molecule has 3 heteroatoms. The zero-order valence-electron chi connectivity index (χ0n) is 13.4. The summed E-state index contributed by atoms with van der Waals surface area (Å²) >= 11 is 0. The fraction of sp³-hybridized carbons (Fsp3) is 0.471. The van der Waals surface area contributed by atoms with Crippen LogP contribution in [0.3, 0.4) is 0 Å². The fourth-order valence-electron chi connectivity index (χ4n) is 1.64. The van der Waals surface area contributed by atoms with E-state index in [0.717, 1.165) is 0 Å². The number of allylic oxidation sites excluding steroid dienone is 2. The largest absolute Gasteiger partial charge is 0.294 e. The predicted octanol–water partition coefficient (Wildman–Crippen LogP) is 6.39. The molecule has 1 aromatic carbocycles. The van der Waals surface area contributed by atoms with Gasteiger partial charge < -0.3 is 0 Å². The number of benzene rings is 1. The van der Waals surface area contributed by atoms with Crippen molar-refractivity contribution in [2.45, 2.75) is 47.2 Å². The number of hydrogen-bond donors (Lipinski definition) is 0. The van der Waals surface area contributed by atoms with E-state index in [4.69, 9.17) is 0 Å². The quantitative estimate of drug-likeness (QED) is 0.572. The van der Waals surface area contributed by atoms with Gasteiger partial charge in [0.2, 0.25) is 0 Å². The Bertz CT molecular complexity index is 421. The monoisotopic (exact) mass is 296 g/mol. The van der Waals surface area contributed by atoms with Crippen LogP contribution in [0, 0.1) is 5.92 Å². The van der Waals surface area contributed by atoms with Crippen LogP contribution in [0.2, 0.25) is 0 Å². The molecule has 1 rings (SSSR count). The summed E-state index contributed by atoms with van der Waals surface area (Å²) < 4.78 is 11.9. The molecule has 0 aliphatic rings. The van der Waals surface area contributed by atoms with Gasteiger partial charge in [0.25, 0.3) is 0 Å². The van der Waals surface area contributed by atoms with Crippen LogP contribution >= 0.6 is 8.20 Å². The van der Waals surface area contributed by atoms with Gasteiger partial charge in [0.05, 0.1) is 0 Å². The normalized spacial score (nSPS) is 13.1. The lowest BCUT2D eigenvalue weighted by atomic mass is 10.1. The zero-order chi connectivity index (χ0) is 15.5. The van der Waals surface area contributed by atoms with E-state index < -0.39 is 0 Å². The summed E-state index contributed by atoms with van der Waals surface area (Å²) in [5.41, 5.74) is 2.95. The van der Waals surface area contributed by atoms with E-state index in [-0.39, 0.29) is 5.75 Å². The Labute approximate surface area is 124 Å². The average Bonchev–Trinajstić information content (AvgIpc) is 2.49. The van der Waals surface area contributed by atoms with Gasteiger partial charge in [0.15, 0.2) is 5.75 Å². The van der Waals surface area contributed by atoms with Crippen molar-refractivity contribution in [1.82, 2.24) is 0 Å². The summed E-state index contributed by atoms with van der Waals surface area (Å²) in [6.07, 6.45) is 2.16. The van der Waals surface area contributed by atoms with E-state index in [1.807, 2.05) is 26.0 Å². The third-order valence-electron chi connectivity index (χ3n) is 2.90. The summed E-state index contributed by atoms with van der Waals surface area (Å²) in [4.78, 5) is 3.68. The van der Waals surface area contributed by atoms with E-state index >= 15 is 0 Å². The van der Waals surface area contributed by atoms with Crippen LogP contribution in [0.1, 0.15) is 52.8 Å². The van der Waals surface area contributed by atoms with Crippen molar-refractivity contribution in [2.24, 2.45) is 5.92 Å². The van der Waals surface area contributed by atoms with Crippen LogP contribution in [-0.2, 0) is 0 Å². The molecule has 0 aliphatic carbocycles. The third kappa shape index (κ3) is 6.34. The molecule has 0 saturated carbocycles. The molecule has 0 aromatic heterocycles. The first-order valence-corrected chi connectivity index (χ1v) is 8.19. The summed E-state index contributed by atoms with van der Waals surface area (Å²) in [5.74, 6) is 3.06. The molecule has 0 aliphatic heterocycles. The van der Waals surface area contributed by atoms with E-state index in [0.29, 0.717) is 11.6 Å². The molecule has 112 valence electrons. The van der Waals surface area contributed by atoms with Crippen molar-refractivity contribution < 1.29 is 9.47 Å². The lowest BCUT2D eigenvalue weighted by molar-refractivity contribution is -0.00622. The van der Waals surface area contributed by atoms with Gasteiger partial charge in [0.1, 0.15) is 0 Å². The molecule has 1 aromatic rings. The van der Waals surface area contributed by atoms with Crippen LogP contribution < -0.4 is 4.94 Å². The van der Waals surface area contributed by atoms with Crippen molar-refractivity contribution in [3.63, 3.8) is 0 Å². The molecule has 0 heterocycles. The number of rotatable bonds is 5. The van der Waals surface area contributed by atoms with Crippen molar-refractivity contribution in [3.8, 4) is 5.75 Å². The molecule has 20 heavy (non-hydrogen) atoms. The maximum Gasteiger partial charge on any atom is 0.171 e. The number of hydrogen-bond acceptors (Lipinski definition) is 1. The molecule has 1 nitrogen and oxygen atoms in total. The molecular formula is C17H26FOP.